The predicted molar refractivity (Wildman–Crippen MR) is 120 cm³/mol. The first kappa shape index (κ1) is 21.6. The maximum Gasteiger partial charge on any atom is 0.255 e. The van der Waals surface area contributed by atoms with Crippen LogP contribution in [0.5, 0.6) is 11.5 Å². The highest BCUT2D eigenvalue weighted by Gasteiger charge is 2.33. The molecule has 1 amide bonds. The molecule has 5 heteroatoms. The first-order chi connectivity index (χ1) is 14.2. The lowest BCUT2D eigenvalue weighted by molar-refractivity contribution is 0.0759. The van der Waals surface area contributed by atoms with E-state index in [1.165, 1.54) is 31.2 Å². The molecule has 1 atom stereocenters. The molecule has 0 saturated carbocycles. The normalized spacial score (nSPS) is 16.1. The van der Waals surface area contributed by atoms with E-state index in [1.54, 1.807) is 26.0 Å². The number of nitrogens with zero attached hydrogens (tertiary/aromatic N) is 1. The van der Waals surface area contributed by atoms with Gasteiger partial charge in [-0.25, -0.2) is 0 Å². The molecular weight excluding hydrogens is 382 g/mol. The van der Waals surface area contributed by atoms with Crippen LogP contribution in [0.2, 0.25) is 0 Å². The Morgan fingerprint density at radius 3 is 2.55 bits per heavy atom. The molecule has 0 aliphatic carbocycles. The second kappa shape index (κ2) is 10.6. The number of rotatable bonds is 9. The summed E-state index contributed by atoms with van der Waals surface area (Å²) < 4.78 is 10.9. The van der Waals surface area contributed by atoms with Crippen molar-refractivity contribution < 1.29 is 14.3 Å². The average molecular weight is 414 g/mol. The van der Waals surface area contributed by atoms with Crippen LogP contribution in [0.3, 0.4) is 0 Å². The summed E-state index contributed by atoms with van der Waals surface area (Å²) >= 11 is 1.77. The summed E-state index contributed by atoms with van der Waals surface area (Å²) in [5.74, 6) is 2.50. The number of carbonyl (C=O) groups excluding carboxylic acids is 1. The summed E-state index contributed by atoms with van der Waals surface area (Å²) in [7, 11) is 3.30. The number of unbranched alkanes of at least 4 members (excludes halogenated alkanes) is 3. The molecule has 1 aliphatic rings. The molecule has 0 bridgehead atoms. The molecule has 3 rings (SSSR count). The molecule has 156 valence electrons. The van der Waals surface area contributed by atoms with E-state index < -0.39 is 0 Å². The highest BCUT2D eigenvalue weighted by atomic mass is 32.2. The van der Waals surface area contributed by atoms with Crippen LogP contribution in [-0.2, 0) is 6.42 Å². The molecule has 2 aromatic rings. The van der Waals surface area contributed by atoms with Crippen molar-refractivity contribution in [2.45, 2.75) is 44.4 Å². The summed E-state index contributed by atoms with van der Waals surface area (Å²) in [6.07, 6.45) is 6.11. The number of carbonyl (C=O) groups is 1. The second-order valence-corrected chi connectivity index (χ2v) is 8.53. The van der Waals surface area contributed by atoms with Crippen molar-refractivity contribution in [1.82, 2.24) is 4.90 Å². The number of hydrogen-bond donors (Lipinski definition) is 0. The topological polar surface area (TPSA) is 38.8 Å². The van der Waals surface area contributed by atoms with Gasteiger partial charge in [0.15, 0.2) is 0 Å². The van der Waals surface area contributed by atoms with E-state index in [2.05, 4.69) is 19.1 Å². The summed E-state index contributed by atoms with van der Waals surface area (Å²) in [5.41, 5.74) is 3.07. The minimum Gasteiger partial charge on any atom is -0.497 e. The number of hydrogen-bond acceptors (Lipinski definition) is 4. The standard InChI is InChI=1S/C24H31NO3S/c1-4-5-6-7-8-18-9-11-19(12-10-18)23(26)25-15-16-29-24(25)21-14-13-20(27-2)17-22(21)28-3/h9-14,17,24H,4-8,15-16H2,1-3H3/t24-/m0/s1. The van der Waals surface area contributed by atoms with Gasteiger partial charge in [0.25, 0.3) is 5.91 Å². The third kappa shape index (κ3) is 5.27. The van der Waals surface area contributed by atoms with Gasteiger partial charge in [-0.15, -0.1) is 11.8 Å². The molecule has 1 saturated heterocycles. The minimum atomic E-state index is -0.0444. The summed E-state index contributed by atoms with van der Waals surface area (Å²) in [4.78, 5) is 15.2. The fourth-order valence-electron chi connectivity index (χ4n) is 3.69. The summed E-state index contributed by atoms with van der Waals surface area (Å²) in [6, 6.07) is 14.0. The lowest BCUT2D eigenvalue weighted by atomic mass is 10.0. The molecule has 0 aromatic heterocycles. The summed E-state index contributed by atoms with van der Waals surface area (Å²) in [5, 5.41) is -0.0444. The maximum absolute atomic E-state index is 13.2. The fraction of sp³-hybridized carbons (Fsp3) is 0.458. The van der Waals surface area contributed by atoms with E-state index in [0.29, 0.717) is 0 Å². The maximum atomic E-state index is 13.2. The summed E-state index contributed by atoms with van der Waals surface area (Å²) in [6.45, 7) is 2.97. The zero-order valence-electron chi connectivity index (χ0n) is 17.6. The Morgan fingerprint density at radius 2 is 1.86 bits per heavy atom. The number of methoxy groups -OCH3 is 2. The average Bonchev–Trinajstić information content (AvgIpc) is 3.25. The van der Waals surface area contributed by atoms with E-state index in [-0.39, 0.29) is 11.3 Å². The Bertz CT molecular complexity index is 806. The first-order valence-electron chi connectivity index (χ1n) is 10.4. The molecule has 4 nitrogen and oxygen atoms in total. The Labute approximate surface area is 178 Å². The van der Waals surface area contributed by atoms with Crippen molar-refractivity contribution in [3.05, 3.63) is 59.2 Å². The van der Waals surface area contributed by atoms with E-state index >= 15 is 0 Å². The van der Waals surface area contributed by atoms with Gasteiger partial charge in [0.2, 0.25) is 0 Å². The molecule has 1 aliphatic heterocycles. The van der Waals surface area contributed by atoms with Crippen LogP contribution in [0.15, 0.2) is 42.5 Å². The van der Waals surface area contributed by atoms with Crippen LogP contribution >= 0.6 is 11.8 Å². The highest BCUT2D eigenvalue weighted by Crippen LogP contribution is 2.43. The van der Waals surface area contributed by atoms with E-state index in [1.807, 2.05) is 35.2 Å². The van der Waals surface area contributed by atoms with Gasteiger partial charge >= 0.3 is 0 Å². The predicted octanol–water partition coefficient (Wildman–Crippen LogP) is 5.71. The monoisotopic (exact) mass is 413 g/mol. The van der Waals surface area contributed by atoms with Gasteiger partial charge in [0.1, 0.15) is 16.9 Å². The third-order valence-corrected chi connectivity index (χ3v) is 6.62. The van der Waals surface area contributed by atoms with Crippen LogP contribution in [0.1, 0.15) is 59.5 Å². The Hall–Kier alpha value is -2.14. The van der Waals surface area contributed by atoms with Gasteiger partial charge in [-0.2, -0.15) is 0 Å². The largest absolute Gasteiger partial charge is 0.497 e. The van der Waals surface area contributed by atoms with Gasteiger partial charge in [0, 0.05) is 29.5 Å². The van der Waals surface area contributed by atoms with Crippen molar-refractivity contribution in [3.63, 3.8) is 0 Å². The quantitative estimate of drug-likeness (QED) is 0.493. The van der Waals surface area contributed by atoms with E-state index in [4.69, 9.17) is 9.47 Å². The molecular formula is C24H31NO3S. The lowest BCUT2D eigenvalue weighted by Crippen LogP contribution is -2.30. The molecule has 2 aromatic carbocycles. The fourth-order valence-corrected chi connectivity index (χ4v) is 4.97. The number of thioether (sulfide) groups is 1. The van der Waals surface area contributed by atoms with Crippen molar-refractivity contribution in [3.8, 4) is 11.5 Å². The third-order valence-electron chi connectivity index (χ3n) is 5.38. The number of amides is 1. The number of ether oxygens (including phenoxy) is 2. The van der Waals surface area contributed by atoms with E-state index in [0.717, 1.165) is 41.3 Å². The van der Waals surface area contributed by atoms with Crippen molar-refractivity contribution in [2.24, 2.45) is 0 Å². The molecule has 1 heterocycles. The SMILES string of the molecule is CCCCCCc1ccc(C(=O)N2CCS[C@H]2c2ccc(OC)cc2OC)cc1. The Morgan fingerprint density at radius 1 is 1.07 bits per heavy atom. The van der Waals surface area contributed by atoms with Crippen LogP contribution in [0.4, 0.5) is 0 Å². The van der Waals surface area contributed by atoms with Crippen LogP contribution in [0.25, 0.3) is 0 Å². The lowest BCUT2D eigenvalue weighted by Gasteiger charge is -2.26. The molecule has 0 spiro atoms. The molecule has 0 unspecified atom stereocenters. The second-order valence-electron chi connectivity index (χ2n) is 7.34. The van der Waals surface area contributed by atoms with Gasteiger partial charge in [-0.1, -0.05) is 38.3 Å². The zero-order chi connectivity index (χ0) is 20.6. The molecule has 1 fully saturated rings. The number of aryl methyl sites for hydroxylation is 1. The molecule has 0 radical (unpaired) electrons. The van der Waals surface area contributed by atoms with Crippen LogP contribution in [-0.4, -0.2) is 37.3 Å². The Kier molecular flexibility index (Phi) is 7.87. The van der Waals surface area contributed by atoms with Crippen molar-refractivity contribution >= 4 is 17.7 Å². The number of benzene rings is 2. The smallest absolute Gasteiger partial charge is 0.255 e. The van der Waals surface area contributed by atoms with E-state index in [9.17, 15) is 4.79 Å². The van der Waals surface area contributed by atoms with Gasteiger partial charge < -0.3 is 14.4 Å². The van der Waals surface area contributed by atoms with Gasteiger partial charge in [-0.05, 0) is 42.7 Å². The highest BCUT2D eigenvalue weighted by molar-refractivity contribution is 7.99. The van der Waals surface area contributed by atoms with Gasteiger partial charge in [0.05, 0.1) is 14.2 Å². The van der Waals surface area contributed by atoms with Crippen LogP contribution in [0, 0.1) is 0 Å². The van der Waals surface area contributed by atoms with Gasteiger partial charge in [-0.3, -0.25) is 4.79 Å². The molecule has 29 heavy (non-hydrogen) atoms. The van der Waals surface area contributed by atoms with Crippen molar-refractivity contribution in [2.75, 3.05) is 26.5 Å². The minimum absolute atomic E-state index is 0.0444. The molecule has 0 N–H and O–H groups in total. The Balaban J connectivity index is 1.72. The van der Waals surface area contributed by atoms with Crippen molar-refractivity contribution in [1.29, 1.82) is 0 Å². The zero-order valence-corrected chi connectivity index (χ0v) is 18.5. The first-order valence-corrected chi connectivity index (χ1v) is 11.5. The van der Waals surface area contributed by atoms with Crippen LogP contribution < -0.4 is 9.47 Å².